The number of aromatic nitrogens is 1. The van der Waals surface area contributed by atoms with E-state index < -0.39 is 0 Å². The molecule has 3 amide bonds. The fourth-order valence-corrected chi connectivity index (χ4v) is 4.44. The number of nitrogens with zero attached hydrogens (tertiary/aromatic N) is 2. The molecule has 1 saturated heterocycles. The molecule has 0 bridgehead atoms. The highest BCUT2D eigenvalue weighted by atomic mass is 16.5. The van der Waals surface area contributed by atoms with Gasteiger partial charge in [0.2, 0.25) is 5.88 Å². The van der Waals surface area contributed by atoms with Crippen molar-refractivity contribution < 1.29 is 14.3 Å². The third-order valence-electron chi connectivity index (χ3n) is 6.32. The second-order valence-corrected chi connectivity index (χ2v) is 8.72. The first-order valence-electron chi connectivity index (χ1n) is 11.7. The van der Waals surface area contributed by atoms with Gasteiger partial charge in [-0.05, 0) is 82.2 Å². The summed E-state index contributed by atoms with van der Waals surface area (Å²) in [6, 6.07) is 10.8. The Balaban J connectivity index is 1.29. The van der Waals surface area contributed by atoms with Crippen molar-refractivity contribution in [2.45, 2.75) is 70.6 Å². The van der Waals surface area contributed by atoms with E-state index in [9.17, 15) is 9.59 Å². The molecule has 2 aliphatic rings. The van der Waals surface area contributed by atoms with Crippen LogP contribution in [-0.2, 0) is 6.54 Å². The van der Waals surface area contributed by atoms with Crippen molar-refractivity contribution >= 4 is 17.6 Å². The van der Waals surface area contributed by atoms with Gasteiger partial charge < -0.3 is 20.3 Å². The van der Waals surface area contributed by atoms with Crippen LogP contribution in [0.15, 0.2) is 42.6 Å². The van der Waals surface area contributed by atoms with E-state index in [-0.39, 0.29) is 24.1 Å². The molecule has 1 atom stereocenters. The van der Waals surface area contributed by atoms with Crippen LogP contribution >= 0.6 is 0 Å². The molecule has 170 valence electrons. The summed E-state index contributed by atoms with van der Waals surface area (Å²) in [6.45, 7) is 3.23. The number of benzene rings is 1. The third kappa shape index (κ3) is 5.58. The van der Waals surface area contributed by atoms with Gasteiger partial charge in [0.05, 0.1) is 0 Å². The second-order valence-electron chi connectivity index (χ2n) is 8.72. The maximum Gasteiger partial charge on any atom is 0.319 e. The van der Waals surface area contributed by atoms with Crippen LogP contribution in [0.25, 0.3) is 0 Å². The lowest BCUT2D eigenvalue weighted by molar-refractivity contribution is 0.0635. The average Bonchev–Trinajstić information content (AvgIpc) is 3.32. The lowest BCUT2D eigenvalue weighted by Gasteiger charge is -2.33. The van der Waals surface area contributed by atoms with Crippen LogP contribution in [0.4, 0.5) is 10.5 Å². The van der Waals surface area contributed by atoms with Gasteiger partial charge in [-0.15, -0.1) is 0 Å². The molecule has 7 heteroatoms. The normalized spacial score (nSPS) is 18.9. The molecule has 1 aromatic heterocycles. The van der Waals surface area contributed by atoms with Gasteiger partial charge in [0.1, 0.15) is 6.10 Å². The monoisotopic (exact) mass is 436 g/mol. The molecule has 0 spiro atoms. The number of rotatable bonds is 6. The van der Waals surface area contributed by atoms with Crippen molar-refractivity contribution in [3.63, 3.8) is 0 Å². The Labute approximate surface area is 189 Å². The minimum absolute atomic E-state index is 0.0552. The quantitative estimate of drug-likeness (QED) is 0.685. The van der Waals surface area contributed by atoms with E-state index in [1.165, 1.54) is 19.3 Å². The Bertz CT molecular complexity index is 925. The van der Waals surface area contributed by atoms with Crippen molar-refractivity contribution in [2.75, 3.05) is 11.9 Å². The van der Waals surface area contributed by atoms with E-state index in [0.29, 0.717) is 23.7 Å². The summed E-state index contributed by atoms with van der Waals surface area (Å²) in [5.74, 6) is 0.647. The van der Waals surface area contributed by atoms with Gasteiger partial charge in [-0.3, -0.25) is 4.79 Å². The fraction of sp³-hybridized carbons (Fsp3) is 0.480. The average molecular weight is 437 g/mol. The topological polar surface area (TPSA) is 83.6 Å². The number of anilines is 1. The number of hydrogen-bond donors (Lipinski definition) is 2. The summed E-state index contributed by atoms with van der Waals surface area (Å²) in [4.78, 5) is 31.4. The summed E-state index contributed by atoms with van der Waals surface area (Å²) in [5, 5.41) is 5.69. The maximum absolute atomic E-state index is 12.8. The molecule has 1 aliphatic heterocycles. The minimum Gasteiger partial charge on any atom is -0.474 e. The number of pyridine rings is 1. The van der Waals surface area contributed by atoms with Crippen LogP contribution in [0.3, 0.4) is 0 Å². The first-order chi connectivity index (χ1) is 15.6. The molecule has 32 heavy (non-hydrogen) atoms. The van der Waals surface area contributed by atoms with Crippen molar-refractivity contribution in [1.82, 2.24) is 15.2 Å². The zero-order valence-corrected chi connectivity index (χ0v) is 18.7. The predicted octanol–water partition coefficient (Wildman–Crippen LogP) is 4.74. The van der Waals surface area contributed by atoms with Crippen molar-refractivity contribution in [3.8, 4) is 5.88 Å². The Kier molecular flexibility index (Phi) is 7.24. The standard InChI is InChI=1S/C25H32N4O3/c1-18-7-4-5-16-29(18)24(30)19-11-13-21(14-12-19)28-25(31)27-17-20-8-6-15-26-23(20)32-22-9-2-3-10-22/h6,8,11-15,18,22H,2-5,7,9-10,16-17H2,1H3,(H2,27,28,31)/t18-/m1/s1. The second kappa shape index (κ2) is 10.5. The Morgan fingerprint density at radius 3 is 2.56 bits per heavy atom. The van der Waals surface area contributed by atoms with Gasteiger partial charge >= 0.3 is 6.03 Å². The molecule has 2 N–H and O–H groups in total. The van der Waals surface area contributed by atoms with Gasteiger partial charge in [-0.2, -0.15) is 0 Å². The lowest BCUT2D eigenvalue weighted by Crippen LogP contribution is -2.42. The smallest absolute Gasteiger partial charge is 0.319 e. The molecule has 2 fully saturated rings. The highest BCUT2D eigenvalue weighted by molar-refractivity contribution is 5.95. The van der Waals surface area contributed by atoms with Crippen LogP contribution < -0.4 is 15.4 Å². The summed E-state index contributed by atoms with van der Waals surface area (Å²) in [6.07, 6.45) is 9.70. The fourth-order valence-electron chi connectivity index (χ4n) is 4.44. The van der Waals surface area contributed by atoms with E-state index in [4.69, 9.17) is 4.74 Å². The van der Waals surface area contributed by atoms with Gasteiger partial charge in [0.25, 0.3) is 5.91 Å². The number of ether oxygens (including phenoxy) is 1. The molecule has 4 rings (SSSR count). The number of piperidine rings is 1. The van der Waals surface area contributed by atoms with E-state index in [0.717, 1.165) is 37.8 Å². The predicted molar refractivity (Wildman–Crippen MR) is 124 cm³/mol. The number of likely N-dealkylation sites (tertiary alicyclic amines) is 1. The summed E-state index contributed by atoms with van der Waals surface area (Å²) < 4.78 is 6.03. The summed E-state index contributed by atoms with van der Waals surface area (Å²) >= 11 is 0. The van der Waals surface area contributed by atoms with Gasteiger partial charge in [-0.25, -0.2) is 9.78 Å². The zero-order chi connectivity index (χ0) is 22.3. The van der Waals surface area contributed by atoms with Crippen LogP contribution in [0.2, 0.25) is 0 Å². The summed E-state index contributed by atoms with van der Waals surface area (Å²) in [5.41, 5.74) is 2.14. The minimum atomic E-state index is -0.315. The van der Waals surface area contributed by atoms with E-state index in [1.807, 2.05) is 17.0 Å². The first-order valence-corrected chi connectivity index (χ1v) is 11.7. The number of carbonyl (C=O) groups is 2. The molecular formula is C25H32N4O3. The number of amides is 3. The van der Waals surface area contributed by atoms with Gasteiger partial charge in [-0.1, -0.05) is 6.07 Å². The van der Waals surface area contributed by atoms with Crippen molar-refractivity contribution in [2.24, 2.45) is 0 Å². The van der Waals surface area contributed by atoms with Gasteiger partial charge in [0.15, 0.2) is 0 Å². The zero-order valence-electron chi connectivity index (χ0n) is 18.7. The highest BCUT2D eigenvalue weighted by Crippen LogP contribution is 2.25. The van der Waals surface area contributed by atoms with E-state index in [2.05, 4.69) is 22.5 Å². The largest absolute Gasteiger partial charge is 0.474 e. The summed E-state index contributed by atoms with van der Waals surface area (Å²) in [7, 11) is 0. The molecule has 1 saturated carbocycles. The molecule has 1 aliphatic carbocycles. The molecule has 7 nitrogen and oxygen atoms in total. The lowest BCUT2D eigenvalue weighted by atomic mass is 10.0. The van der Waals surface area contributed by atoms with Crippen LogP contribution in [0.1, 0.15) is 67.8 Å². The highest BCUT2D eigenvalue weighted by Gasteiger charge is 2.24. The molecule has 0 unspecified atom stereocenters. The SMILES string of the molecule is C[C@@H]1CCCCN1C(=O)c1ccc(NC(=O)NCc2cccnc2OC2CCCC2)cc1. The number of carbonyl (C=O) groups excluding carboxylic acids is 2. The van der Waals surface area contributed by atoms with Crippen LogP contribution in [0.5, 0.6) is 5.88 Å². The maximum atomic E-state index is 12.8. The number of nitrogens with one attached hydrogen (secondary N) is 2. The molecule has 2 heterocycles. The van der Waals surface area contributed by atoms with E-state index >= 15 is 0 Å². The van der Waals surface area contributed by atoms with Crippen LogP contribution in [0, 0.1) is 0 Å². The Morgan fingerprint density at radius 2 is 1.81 bits per heavy atom. The molecule has 0 radical (unpaired) electrons. The number of urea groups is 1. The molecule has 2 aromatic rings. The van der Waals surface area contributed by atoms with Crippen molar-refractivity contribution in [1.29, 1.82) is 0 Å². The Hall–Kier alpha value is -3.09. The first kappa shape index (κ1) is 22.1. The number of hydrogen-bond acceptors (Lipinski definition) is 4. The Morgan fingerprint density at radius 1 is 1.06 bits per heavy atom. The molecular weight excluding hydrogens is 404 g/mol. The molecule has 1 aromatic carbocycles. The third-order valence-corrected chi connectivity index (χ3v) is 6.32. The van der Waals surface area contributed by atoms with Gasteiger partial charge in [0, 0.05) is 42.1 Å². The van der Waals surface area contributed by atoms with Crippen LogP contribution in [-0.4, -0.2) is 40.5 Å². The van der Waals surface area contributed by atoms with E-state index in [1.54, 1.807) is 30.5 Å². The van der Waals surface area contributed by atoms with Crippen molar-refractivity contribution in [3.05, 3.63) is 53.7 Å².